The van der Waals surface area contributed by atoms with Crippen LogP contribution in [0.4, 0.5) is 0 Å². The van der Waals surface area contributed by atoms with Crippen LogP contribution < -0.4 is 5.73 Å². The van der Waals surface area contributed by atoms with Crippen molar-refractivity contribution in [2.24, 2.45) is 5.73 Å². The van der Waals surface area contributed by atoms with Crippen molar-refractivity contribution in [1.82, 2.24) is 4.90 Å². The fourth-order valence-electron chi connectivity index (χ4n) is 2.52. The van der Waals surface area contributed by atoms with Crippen molar-refractivity contribution < 1.29 is 5.11 Å². The number of rotatable bonds is 2. The Labute approximate surface area is 86.3 Å². The molecule has 1 aliphatic carbocycles. The second-order valence-corrected chi connectivity index (χ2v) is 4.90. The van der Waals surface area contributed by atoms with Crippen LogP contribution in [0.25, 0.3) is 0 Å². The van der Waals surface area contributed by atoms with Crippen LogP contribution in [0, 0.1) is 0 Å². The summed E-state index contributed by atoms with van der Waals surface area (Å²) < 4.78 is 0. The number of hydrogen-bond acceptors (Lipinski definition) is 3. The normalized spacial score (nSPS) is 36.4. The number of nitrogens with zero attached hydrogens (tertiary/aromatic N) is 1. The van der Waals surface area contributed by atoms with Crippen LogP contribution in [0.3, 0.4) is 0 Å². The Balaban J connectivity index is 1.87. The molecule has 0 amide bonds. The van der Waals surface area contributed by atoms with Gasteiger partial charge in [-0.2, -0.15) is 0 Å². The first kappa shape index (κ1) is 10.4. The highest BCUT2D eigenvalue weighted by molar-refractivity contribution is 4.88. The van der Waals surface area contributed by atoms with Gasteiger partial charge < -0.3 is 15.7 Å². The maximum absolute atomic E-state index is 10.1. The van der Waals surface area contributed by atoms with Gasteiger partial charge >= 0.3 is 0 Å². The second-order valence-electron chi connectivity index (χ2n) is 4.90. The van der Waals surface area contributed by atoms with Crippen LogP contribution in [0.15, 0.2) is 0 Å². The summed E-state index contributed by atoms with van der Waals surface area (Å²) in [6.07, 6.45) is 6.96. The van der Waals surface area contributed by atoms with Crippen LogP contribution in [0.2, 0.25) is 0 Å². The summed E-state index contributed by atoms with van der Waals surface area (Å²) >= 11 is 0. The lowest BCUT2D eigenvalue weighted by atomic mass is 9.91. The summed E-state index contributed by atoms with van der Waals surface area (Å²) in [6.45, 7) is 2.62. The average molecular weight is 198 g/mol. The lowest BCUT2D eigenvalue weighted by Gasteiger charge is -2.37. The zero-order valence-corrected chi connectivity index (χ0v) is 8.91. The Morgan fingerprint density at radius 1 is 1.21 bits per heavy atom. The molecule has 1 aliphatic heterocycles. The summed E-state index contributed by atoms with van der Waals surface area (Å²) in [5.41, 5.74) is 5.04. The van der Waals surface area contributed by atoms with E-state index in [4.69, 9.17) is 5.73 Å². The third-order valence-corrected chi connectivity index (χ3v) is 3.92. The van der Waals surface area contributed by atoms with E-state index in [9.17, 15) is 5.11 Å². The molecule has 3 N–H and O–H groups in total. The van der Waals surface area contributed by atoms with Gasteiger partial charge in [-0.3, -0.25) is 0 Å². The Morgan fingerprint density at radius 3 is 2.57 bits per heavy atom. The monoisotopic (exact) mass is 198 g/mol. The topological polar surface area (TPSA) is 49.5 Å². The summed E-state index contributed by atoms with van der Waals surface area (Å²) in [4.78, 5) is 2.55. The van der Waals surface area contributed by atoms with Crippen LogP contribution in [0.5, 0.6) is 0 Å². The predicted octanol–water partition coefficient (Wildman–Crippen LogP) is 0.715. The van der Waals surface area contributed by atoms with Gasteiger partial charge in [0.2, 0.25) is 0 Å². The molecule has 0 aromatic carbocycles. The van der Waals surface area contributed by atoms with E-state index in [2.05, 4.69) is 4.90 Å². The molecule has 2 fully saturated rings. The molecule has 1 saturated heterocycles. The molecule has 3 heteroatoms. The van der Waals surface area contributed by atoms with E-state index in [1.807, 2.05) is 0 Å². The molecule has 1 saturated carbocycles. The van der Waals surface area contributed by atoms with Gasteiger partial charge in [0.15, 0.2) is 0 Å². The van der Waals surface area contributed by atoms with Crippen LogP contribution in [-0.4, -0.2) is 41.3 Å². The van der Waals surface area contributed by atoms with Gasteiger partial charge in [0.05, 0.1) is 5.60 Å². The Morgan fingerprint density at radius 2 is 2.00 bits per heavy atom. The lowest BCUT2D eigenvalue weighted by molar-refractivity contribution is 0.0306. The van der Waals surface area contributed by atoms with Crippen molar-refractivity contribution in [2.75, 3.05) is 19.6 Å². The summed E-state index contributed by atoms with van der Waals surface area (Å²) in [5.74, 6) is 0. The first-order valence-electron chi connectivity index (χ1n) is 5.90. The molecule has 1 atom stereocenters. The molecule has 14 heavy (non-hydrogen) atoms. The van der Waals surface area contributed by atoms with Gasteiger partial charge in [-0.05, 0) is 38.6 Å². The van der Waals surface area contributed by atoms with E-state index in [1.54, 1.807) is 0 Å². The molecule has 1 unspecified atom stereocenters. The minimum absolute atomic E-state index is 0.422. The molecule has 2 aliphatic rings. The van der Waals surface area contributed by atoms with E-state index in [0.717, 1.165) is 38.4 Å². The molecule has 0 radical (unpaired) electrons. The van der Waals surface area contributed by atoms with Crippen LogP contribution >= 0.6 is 0 Å². The van der Waals surface area contributed by atoms with Gasteiger partial charge in [0.1, 0.15) is 0 Å². The van der Waals surface area contributed by atoms with Crippen molar-refractivity contribution in [3.8, 4) is 0 Å². The van der Waals surface area contributed by atoms with Crippen molar-refractivity contribution >= 4 is 0 Å². The fraction of sp³-hybridized carbons (Fsp3) is 1.00. The smallest absolute Gasteiger partial charge is 0.0782 e. The molecule has 2 rings (SSSR count). The molecular formula is C11H22N2O. The van der Waals surface area contributed by atoms with Crippen molar-refractivity contribution in [2.45, 2.75) is 50.2 Å². The minimum Gasteiger partial charge on any atom is -0.389 e. The van der Waals surface area contributed by atoms with Gasteiger partial charge in [-0.25, -0.2) is 0 Å². The third-order valence-electron chi connectivity index (χ3n) is 3.92. The zero-order chi connectivity index (χ0) is 10.0. The number of likely N-dealkylation sites (tertiary alicyclic amines) is 1. The average Bonchev–Trinajstić information content (AvgIpc) is 2.27. The summed E-state index contributed by atoms with van der Waals surface area (Å²) in [6, 6.07) is 0.815. The molecule has 0 bridgehead atoms. The lowest BCUT2D eigenvalue weighted by Crippen LogP contribution is -2.42. The Hall–Kier alpha value is -0.120. The Kier molecular flexibility index (Phi) is 3.10. The SMILES string of the molecule is NCC1(O)CCCN(C2CCC2)CC1. The molecule has 3 nitrogen and oxygen atoms in total. The summed E-state index contributed by atoms with van der Waals surface area (Å²) in [7, 11) is 0. The fourth-order valence-corrected chi connectivity index (χ4v) is 2.52. The number of hydrogen-bond donors (Lipinski definition) is 2. The Bertz CT molecular complexity index is 194. The molecule has 82 valence electrons. The number of nitrogens with two attached hydrogens (primary N) is 1. The maximum Gasteiger partial charge on any atom is 0.0782 e. The highest BCUT2D eigenvalue weighted by Gasteiger charge is 2.32. The van der Waals surface area contributed by atoms with E-state index in [0.29, 0.717) is 6.54 Å². The first-order chi connectivity index (χ1) is 6.73. The van der Waals surface area contributed by atoms with Crippen LogP contribution in [-0.2, 0) is 0 Å². The molecule has 0 aromatic heterocycles. The maximum atomic E-state index is 10.1. The van der Waals surface area contributed by atoms with E-state index < -0.39 is 5.60 Å². The second kappa shape index (κ2) is 4.17. The minimum atomic E-state index is -0.571. The number of aliphatic hydroxyl groups is 1. The first-order valence-corrected chi connectivity index (χ1v) is 5.90. The highest BCUT2D eigenvalue weighted by Crippen LogP contribution is 2.29. The van der Waals surface area contributed by atoms with E-state index >= 15 is 0 Å². The van der Waals surface area contributed by atoms with Gasteiger partial charge in [0.25, 0.3) is 0 Å². The summed E-state index contributed by atoms with van der Waals surface area (Å²) in [5, 5.41) is 10.1. The highest BCUT2D eigenvalue weighted by atomic mass is 16.3. The molecular weight excluding hydrogens is 176 g/mol. The van der Waals surface area contributed by atoms with Crippen molar-refractivity contribution in [3.63, 3.8) is 0 Å². The van der Waals surface area contributed by atoms with Gasteiger partial charge in [0, 0.05) is 19.1 Å². The molecule has 0 spiro atoms. The molecule has 0 aromatic rings. The standard InChI is InChI=1S/C11H22N2O/c12-9-11(14)5-2-7-13(8-6-11)10-3-1-4-10/h10,14H,1-9,12H2. The van der Waals surface area contributed by atoms with Gasteiger partial charge in [-0.15, -0.1) is 0 Å². The largest absolute Gasteiger partial charge is 0.389 e. The quantitative estimate of drug-likeness (QED) is 0.687. The molecule has 1 heterocycles. The third kappa shape index (κ3) is 2.10. The zero-order valence-electron chi connectivity index (χ0n) is 8.91. The van der Waals surface area contributed by atoms with Crippen molar-refractivity contribution in [3.05, 3.63) is 0 Å². The van der Waals surface area contributed by atoms with Gasteiger partial charge in [-0.1, -0.05) is 6.42 Å². The van der Waals surface area contributed by atoms with Crippen LogP contribution in [0.1, 0.15) is 38.5 Å². The van der Waals surface area contributed by atoms with E-state index in [-0.39, 0.29) is 0 Å². The predicted molar refractivity (Wildman–Crippen MR) is 57.1 cm³/mol. The van der Waals surface area contributed by atoms with Crippen molar-refractivity contribution in [1.29, 1.82) is 0 Å². The van der Waals surface area contributed by atoms with E-state index in [1.165, 1.54) is 19.3 Å².